The zero-order chi connectivity index (χ0) is 11.7. The second-order valence-electron chi connectivity index (χ2n) is 2.94. The van der Waals surface area contributed by atoms with E-state index in [0.717, 1.165) is 6.26 Å². The molecule has 6 heteroatoms. The molecule has 0 saturated heterocycles. The number of rotatable bonds is 2. The van der Waals surface area contributed by atoms with Gasteiger partial charge in [-0.1, -0.05) is 17.7 Å². The monoisotopic (exact) mass is 241 g/mol. The van der Waals surface area contributed by atoms with E-state index in [0.29, 0.717) is 0 Å². The predicted molar refractivity (Wildman–Crippen MR) is 53.9 cm³/mol. The summed E-state index contributed by atoms with van der Waals surface area (Å²) >= 11 is 5.69. The van der Waals surface area contributed by atoms with Crippen LogP contribution in [0.3, 0.4) is 0 Å². The number of hydrogen-bond donors (Lipinski definition) is 1. The van der Waals surface area contributed by atoms with Crippen LogP contribution in [0.4, 0.5) is 4.39 Å². The number of benzene rings is 1. The van der Waals surface area contributed by atoms with Gasteiger partial charge in [0, 0.05) is 0 Å². The van der Waals surface area contributed by atoms with Crippen molar-refractivity contribution < 1.29 is 18.7 Å². The van der Waals surface area contributed by atoms with Gasteiger partial charge in [0.1, 0.15) is 12.1 Å². The number of carbonyl (C=O) groups is 1. The lowest BCUT2D eigenvalue weighted by Gasteiger charge is -1.99. The molecule has 0 aliphatic heterocycles. The second kappa shape index (κ2) is 3.94. The summed E-state index contributed by atoms with van der Waals surface area (Å²) < 4.78 is 18.0. The van der Waals surface area contributed by atoms with Crippen molar-refractivity contribution in [3.8, 4) is 11.5 Å². The van der Waals surface area contributed by atoms with E-state index in [4.69, 9.17) is 21.1 Å². The number of aromatic carboxylic acids is 1. The zero-order valence-electron chi connectivity index (χ0n) is 7.78. The van der Waals surface area contributed by atoms with Gasteiger partial charge in [-0.3, -0.25) is 0 Å². The highest BCUT2D eigenvalue weighted by atomic mass is 35.5. The van der Waals surface area contributed by atoms with Gasteiger partial charge in [0.25, 0.3) is 0 Å². The minimum atomic E-state index is -1.22. The Labute approximate surface area is 94.3 Å². The molecule has 0 spiro atoms. The highest BCUT2D eigenvalue weighted by Gasteiger charge is 2.15. The second-order valence-corrected chi connectivity index (χ2v) is 3.32. The molecule has 4 nitrogen and oxygen atoms in total. The van der Waals surface area contributed by atoms with E-state index in [1.165, 1.54) is 18.2 Å². The minimum Gasteiger partial charge on any atom is -0.476 e. The molecule has 0 radical (unpaired) electrons. The number of halogens is 2. The van der Waals surface area contributed by atoms with E-state index in [2.05, 4.69) is 4.98 Å². The van der Waals surface area contributed by atoms with Gasteiger partial charge in [-0.15, -0.1) is 0 Å². The maximum Gasteiger partial charge on any atom is 0.357 e. The molecule has 82 valence electrons. The van der Waals surface area contributed by atoms with E-state index < -0.39 is 11.8 Å². The third-order valence-electron chi connectivity index (χ3n) is 1.91. The van der Waals surface area contributed by atoms with Crippen LogP contribution in [-0.2, 0) is 0 Å². The molecule has 2 aromatic rings. The number of nitrogens with zero attached hydrogens (tertiary/aromatic N) is 1. The van der Waals surface area contributed by atoms with E-state index in [-0.39, 0.29) is 22.2 Å². The fourth-order valence-electron chi connectivity index (χ4n) is 1.16. The van der Waals surface area contributed by atoms with Gasteiger partial charge >= 0.3 is 5.97 Å². The first-order chi connectivity index (χ1) is 7.59. The number of hydrogen-bond acceptors (Lipinski definition) is 3. The summed E-state index contributed by atoms with van der Waals surface area (Å²) in [6.45, 7) is 0. The summed E-state index contributed by atoms with van der Waals surface area (Å²) in [5.74, 6) is -1.86. The van der Waals surface area contributed by atoms with Gasteiger partial charge in [-0.05, 0) is 12.1 Å². The van der Waals surface area contributed by atoms with E-state index in [1.54, 1.807) is 0 Å². The Balaban J connectivity index is 2.50. The molecule has 0 bridgehead atoms. The summed E-state index contributed by atoms with van der Waals surface area (Å²) in [5, 5.41) is 8.49. The van der Waals surface area contributed by atoms with Gasteiger partial charge in [0.2, 0.25) is 5.89 Å². The molecule has 0 unspecified atom stereocenters. The van der Waals surface area contributed by atoms with Crippen molar-refractivity contribution in [1.82, 2.24) is 4.98 Å². The highest BCUT2D eigenvalue weighted by Crippen LogP contribution is 2.29. The molecular formula is C10H5ClFNO3. The summed E-state index contributed by atoms with van der Waals surface area (Å²) in [6, 6.07) is 4.11. The SMILES string of the molecule is O=C(O)c1coc(-c2cccc(F)c2Cl)n1. The van der Waals surface area contributed by atoms with Crippen molar-refractivity contribution in [1.29, 1.82) is 0 Å². The fourth-order valence-corrected chi connectivity index (χ4v) is 1.37. The third kappa shape index (κ3) is 1.77. The number of carboxylic acid groups (broad SMARTS) is 1. The number of oxazole rings is 1. The maximum atomic E-state index is 13.1. The number of aromatic nitrogens is 1. The van der Waals surface area contributed by atoms with Crippen LogP contribution >= 0.6 is 11.6 Å². The quantitative estimate of drug-likeness (QED) is 0.878. The van der Waals surface area contributed by atoms with Crippen molar-refractivity contribution in [2.75, 3.05) is 0 Å². The lowest BCUT2D eigenvalue weighted by atomic mass is 10.2. The molecule has 1 N–H and O–H groups in total. The van der Waals surface area contributed by atoms with E-state index in [1.807, 2.05) is 0 Å². The van der Waals surface area contributed by atoms with Crippen molar-refractivity contribution in [2.45, 2.75) is 0 Å². The van der Waals surface area contributed by atoms with Crippen LogP contribution in [0.25, 0.3) is 11.5 Å². The maximum absolute atomic E-state index is 13.1. The van der Waals surface area contributed by atoms with Gasteiger partial charge in [0.15, 0.2) is 5.69 Å². The number of carboxylic acids is 1. The van der Waals surface area contributed by atoms with Crippen molar-refractivity contribution in [3.63, 3.8) is 0 Å². The van der Waals surface area contributed by atoms with E-state index >= 15 is 0 Å². The van der Waals surface area contributed by atoms with Crippen LogP contribution in [-0.4, -0.2) is 16.1 Å². The van der Waals surface area contributed by atoms with Crippen molar-refractivity contribution >= 4 is 17.6 Å². The molecule has 0 aliphatic carbocycles. The molecule has 2 rings (SSSR count). The Morgan fingerprint density at radius 1 is 1.50 bits per heavy atom. The summed E-state index contributed by atoms with van der Waals surface area (Å²) in [7, 11) is 0. The van der Waals surface area contributed by atoms with Crippen LogP contribution in [0.1, 0.15) is 10.5 Å². The Kier molecular flexibility index (Phi) is 2.62. The molecular weight excluding hydrogens is 237 g/mol. The summed E-state index contributed by atoms with van der Waals surface area (Å²) in [5.41, 5.74) is -0.0375. The molecule has 0 saturated carbocycles. The van der Waals surface area contributed by atoms with Gasteiger partial charge in [0.05, 0.1) is 10.6 Å². The van der Waals surface area contributed by atoms with Gasteiger partial charge in [-0.2, -0.15) is 0 Å². The largest absolute Gasteiger partial charge is 0.476 e. The molecule has 1 heterocycles. The molecule has 0 aliphatic rings. The van der Waals surface area contributed by atoms with Crippen LogP contribution in [0, 0.1) is 5.82 Å². The van der Waals surface area contributed by atoms with Crippen molar-refractivity contribution in [2.24, 2.45) is 0 Å². The zero-order valence-corrected chi connectivity index (χ0v) is 8.53. The minimum absolute atomic E-state index is 0.0260. The Morgan fingerprint density at radius 2 is 2.25 bits per heavy atom. The molecule has 0 amide bonds. The Hall–Kier alpha value is -1.88. The average molecular weight is 242 g/mol. The van der Waals surface area contributed by atoms with Crippen LogP contribution in [0.15, 0.2) is 28.9 Å². The molecule has 1 aromatic carbocycles. The van der Waals surface area contributed by atoms with Gasteiger partial charge in [-0.25, -0.2) is 14.2 Å². The third-order valence-corrected chi connectivity index (χ3v) is 2.29. The summed E-state index contributed by atoms with van der Waals surface area (Å²) in [6.07, 6.45) is 0.971. The Morgan fingerprint density at radius 3 is 2.88 bits per heavy atom. The lowest BCUT2D eigenvalue weighted by Crippen LogP contribution is -1.95. The van der Waals surface area contributed by atoms with Gasteiger partial charge < -0.3 is 9.52 Å². The smallest absolute Gasteiger partial charge is 0.357 e. The normalized spacial score (nSPS) is 10.4. The Bertz CT molecular complexity index is 553. The van der Waals surface area contributed by atoms with Crippen LogP contribution in [0.5, 0.6) is 0 Å². The lowest BCUT2D eigenvalue weighted by molar-refractivity contribution is 0.0690. The van der Waals surface area contributed by atoms with E-state index in [9.17, 15) is 9.18 Å². The molecule has 0 fully saturated rings. The average Bonchev–Trinajstić information content (AvgIpc) is 2.71. The predicted octanol–water partition coefficient (Wildman–Crippen LogP) is 2.83. The van der Waals surface area contributed by atoms with Crippen LogP contribution < -0.4 is 0 Å². The fraction of sp³-hybridized carbons (Fsp3) is 0. The molecule has 0 atom stereocenters. The molecule has 1 aromatic heterocycles. The van der Waals surface area contributed by atoms with Crippen LogP contribution in [0.2, 0.25) is 5.02 Å². The first kappa shape index (κ1) is 10.6. The molecule has 16 heavy (non-hydrogen) atoms. The van der Waals surface area contributed by atoms with Crippen molar-refractivity contribution in [3.05, 3.63) is 41.0 Å². The highest BCUT2D eigenvalue weighted by molar-refractivity contribution is 6.33. The first-order valence-corrected chi connectivity index (χ1v) is 4.60. The topological polar surface area (TPSA) is 63.3 Å². The standard InChI is InChI=1S/C10H5ClFNO3/c11-8-5(2-1-3-6(8)12)9-13-7(4-16-9)10(14)15/h1-4H,(H,14,15). The summed E-state index contributed by atoms with van der Waals surface area (Å²) in [4.78, 5) is 14.2. The first-order valence-electron chi connectivity index (χ1n) is 4.23.